The number of nitrogens with one attached hydrogen (secondary N) is 1. The molecule has 66 nitrogen and oxygen atoms in total. The Morgan fingerprint density at radius 1 is 0.292 bits per heavy atom. The smallest absolute Gasteiger partial charge is 0.364 e. The predicted octanol–water partition coefficient (Wildman–Crippen LogP) is -27.3. The number of ether oxygens (including phenoxy) is 23. The molecule has 12 fully saturated rings. The molecule has 0 spiro atoms. The molecule has 12 heterocycles. The Kier molecular flexibility index (Phi) is 41.6. The molecule has 836 valence electrons. The zero-order chi connectivity index (χ0) is 106. The Hall–Kier alpha value is -3.99. The summed E-state index contributed by atoms with van der Waals surface area (Å²) in [5, 5.41) is 437. The number of hydrogen-bond donors (Lipinski definition) is 40. The molecule has 0 bridgehead atoms. The van der Waals surface area contributed by atoms with Crippen LogP contribution in [0.1, 0.15) is 19.8 Å². The van der Waals surface area contributed by atoms with E-state index < -0.39 is 477 Å². The number of carbonyl (C=O) groups excluding carboxylic acids is 1. The van der Waals surface area contributed by atoms with Crippen LogP contribution in [0.5, 0.6) is 0 Å². The maximum atomic E-state index is 13.7. The molecule has 0 saturated carbocycles. The first-order valence-corrected chi connectivity index (χ1v) is 45.3. The third-order valence-corrected chi connectivity index (χ3v) is 26.7. The first kappa shape index (κ1) is 119. The van der Waals surface area contributed by atoms with E-state index in [-0.39, 0.29) is 0 Å². The molecule has 1 amide bonds. The molecule has 0 aromatic rings. The minimum absolute atomic E-state index is 0.818. The van der Waals surface area contributed by atoms with E-state index in [0.717, 1.165) is 6.92 Å². The lowest BCUT2D eigenvalue weighted by atomic mass is 9.89. The minimum Gasteiger partial charge on any atom is -0.477 e. The van der Waals surface area contributed by atoms with Gasteiger partial charge in [-0.3, -0.25) is 4.79 Å². The molecule has 12 aliphatic heterocycles. The molecule has 0 aromatic heterocycles. The fourth-order valence-corrected chi connectivity index (χ4v) is 18.6. The van der Waals surface area contributed by atoms with E-state index in [0.29, 0.717) is 0 Å². The number of carbonyl (C=O) groups is 3. The fourth-order valence-electron chi connectivity index (χ4n) is 18.6. The van der Waals surface area contributed by atoms with Crippen molar-refractivity contribution in [3.63, 3.8) is 0 Å². The summed E-state index contributed by atoms with van der Waals surface area (Å²) >= 11 is 0. The zero-order valence-corrected chi connectivity index (χ0v) is 75.4. The highest BCUT2D eigenvalue weighted by Gasteiger charge is 2.67. The van der Waals surface area contributed by atoms with Crippen LogP contribution in [0.25, 0.3) is 0 Å². The maximum Gasteiger partial charge on any atom is 0.364 e. The van der Waals surface area contributed by atoms with E-state index in [1.165, 1.54) is 0 Å². The van der Waals surface area contributed by atoms with Crippen LogP contribution in [0.4, 0.5) is 0 Å². The van der Waals surface area contributed by atoms with Gasteiger partial charge in [-0.15, -0.1) is 0 Å². The quantitative estimate of drug-likeness (QED) is 0.0272. The summed E-state index contributed by atoms with van der Waals surface area (Å²) in [6.07, 6.45) is -137. The van der Waals surface area contributed by atoms with E-state index in [1.807, 2.05) is 0 Å². The average Bonchev–Trinajstić information content (AvgIpc) is 0.730. The van der Waals surface area contributed by atoms with Gasteiger partial charge in [0.1, 0.15) is 281 Å². The number of aliphatic carboxylic acids is 2. The highest BCUT2D eigenvalue weighted by Crippen LogP contribution is 2.46. The summed E-state index contributed by atoms with van der Waals surface area (Å²) in [5.41, 5.74) is 0. The van der Waals surface area contributed by atoms with Crippen LogP contribution >= 0.6 is 0 Å². The van der Waals surface area contributed by atoms with Gasteiger partial charge in [0, 0.05) is 19.8 Å². The van der Waals surface area contributed by atoms with Crippen LogP contribution in [-0.2, 0) is 123 Å². The number of aliphatic hydroxyl groups is 37. The van der Waals surface area contributed by atoms with Crippen LogP contribution < -0.4 is 5.32 Å². The van der Waals surface area contributed by atoms with E-state index in [2.05, 4.69) is 5.32 Å². The van der Waals surface area contributed by atoms with Crippen molar-refractivity contribution in [2.75, 3.05) is 79.3 Å². The van der Waals surface area contributed by atoms with Gasteiger partial charge in [-0.1, -0.05) is 0 Å². The van der Waals surface area contributed by atoms with Crippen molar-refractivity contribution in [3.05, 3.63) is 0 Å². The number of amides is 1. The van der Waals surface area contributed by atoms with Gasteiger partial charge < -0.3 is 313 Å². The number of hydrogen-bond acceptors (Lipinski definition) is 63. The molecule has 60 atom stereocenters. The van der Waals surface area contributed by atoms with E-state index >= 15 is 0 Å². The van der Waals surface area contributed by atoms with Crippen molar-refractivity contribution in [3.8, 4) is 0 Å². The third kappa shape index (κ3) is 24.7. The Morgan fingerprint density at radius 3 is 0.958 bits per heavy atom. The summed E-state index contributed by atoms with van der Waals surface area (Å²) in [4.78, 5) is 40.3. The first-order chi connectivity index (χ1) is 68.0. The highest BCUT2D eigenvalue weighted by molar-refractivity contribution is 5.77. The third-order valence-electron chi connectivity index (χ3n) is 26.7. The van der Waals surface area contributed by atoms with Gasteiger partial charge in [-0.05, 0) is 0 Å². The van der Waals surface area contributed by atoms with Crippen LogP contribution in [0, 0.1) is 0 Å². The first-order valence-electron chi connectivity index (χ1n) is 45.3. The van der Waals surface area contributed by atoms with Crippen molar-refractivity contribution in [2.45, 2.75) is 387 Å². The standard InChI is InChI=1S/C78H129NO65/c1-16(91)79-31-38(101)56(133-69-50(113)44(107)57(27(12-88)129-69)134-66-47(110)39(102)33(96)21(6-82)123-66)26(11-87)128-65(31)140-64-43(106)37(100)25(10-86)127-74(64)138-61-30(15-122-73-63(42(105)36(99)24(9-85)126-73)141-71-52(115)46(109)59(29(14-90)131-71)136-70-51(114)45(108)58(28(13-89)130-70)135-67-48(111)40(103)34(97)22(7-83)124-67)132-72(53(116)62(61)139-68-49(112)41(104)35(98)23(8-84)125-68)137-60-20(3-77(121,75(117)118)143-55(60)19(94)5-81)142-78(76(119)120)2-17(92)32(95)54(144-78)18(93)4-80/h17-74,80-90,92-116,121H,2-15H2,1H3,(H,79,91)(H,117,118)(H,119,120)/t17-,18-,19-,20-,21-,22-,23-,24-,25-,26-,27-,28-,29-,30-,31-,32-,33+,34+,35-,36-,37-,38-,39+,40+,41+,42+,43+,44-,45-,46-,47-,48-,49-,50-,51-,52-,53-,54-,55-,56-,57+,58+,59-,60-,61-,62-,63-,64-,65-,66-,67-,68+,69+,70+,71-,72-,73-,74+,77?,78?/m1/s1. The van der Waals surface area contributed by atoms with Gasteiger partial charge >= 0.3 is 11.9 Å². The Morgan fingerprint density at radius 2 is 0.583 bits per heavy atom. The molecule has 12 saturated heterocycles. The second-order valence-electron chi connectivity index (χ2n) is 36.3. The fraction of sp³-hybridized carbons (Fsp3) is 0.962. The topological polar surface area (TPSA) is 1060 Å². The maximum absolute atomic E-state index is 13.7. The van der Waals surface area contributed by atoms with Crippen molar-refractivity contribution < 1.29 is 322 Å². The molecule has 0 radical (unpaired) electrons. The lowest BCUT2D eigenvalue weighted by Gasteiger charge is -2.53. The molecular formula is C78H129NO65. The lowest BCUT2D eigenvalue weighted by molar-refractivity contribution is -0.418. The van der Waals surface area contributed by atoms with E-state index in [1.54, 1.807) is 0 Å². The lowest BCUT2D eigenvalue weighted by Crippen LogP contribution is -2.71. The molecule has 66 heteroatoms. The highest BCUT2D eigenvalue weighted by atomic mass is 16.8. The molecule has 12 rings (SSSR count). The Balaban J connectivity index is 0.919. The van der Waals surface area contributed by atoms with Crippen molar-refractivity contribution in [1.82, 2.24) is 5.32 Å². The predicted molar refractivity (Wildman–Crippen MR) is 429 cm³/mol. The van der Waals surface area contributed by atoms with Gasteiger partial charge in [-0.2, -0.15) is 0 Å². The van der Waals surface area contributed by atoms with Gasteiger partial charge in [0.25, 0.3) is 11.6 Å². The summed E-state index contributed by atoms with van der Waals surface area (Å²) in [7, 11) is 0. The SMILES string of the molecule is CC(=O)N[C@H]1[C@@H](O[C@H]2[C@H](O[C@H]3[C@H](O[C@@H]4O[C@H](CO)[C@@H](O)[C@H](O)[C@H]4O)[C@@H](O)[C@@H](O[C@H]4[C@@H]([C@H](O)CO)OC(O)(C(=O)O)C[C@H]4OC4(C(=O)O)C[C@@H](O)[C@@H](O)[C@@H]([C@H](O)CO)O4)O[C@@H]3CO[C@@H]3O[C@H](CO)[C@@H](O)[C@H](O)[C@H]3O[C@H]3O[C@H](CO)[C@@H](O[C@@H]4O[C@H](CO)[C@H](O[C@H]5O[C@H](CO)[C@H](O)[C@H](O)[C@H]5O)[C@H](O)[C@H]4O)[C@H](O)[C@H]3O)O[C@H](CO)[C@@H](O)[C@@H]2O)O[C@H](CO)[C@@H](O[C@@H]2O[C@H](CO)[C@H](O[C@H]3O[C@H](CO)[C@H](O)[C@H](O)[C@H]3O)[C@H](O)[C@H]2O)[C@@H]1O. The van der Waals surface area contributed by atoms with E-state index in [4.69, 9.17) is 109 Å². The zero-order valence-electron chi connectivity index (χ0n) is 75.4. The molecule has 40 N–H and O–H groups in total. The van der Waals surface area contributed by atoms with Gasteiger partial charge in [-0.25, -0.2) is 9.59 Å². The van der Waals surface area contributed by atoms with Crippen LogP contribution in [0.3, 0.4) is 0 Å². The molecule has 144 heavy (non-hydrogen) atoms. The minimum atomic E-state index is -3.79. The molecule has 2 unspecified atom stereocenters. The molecule has 0 aromatic carbocycles. The van der Waals surface area contributed by atoms with Gasteiger partial charge in [0.05, 0.1) is 91.5 Å². The van der Waals surface area contributed by atoms with Crippen LogP contribution in [0.15, 0.2) is 0 Å². The normalized spacial score (nSPS) is 51.0. The van der Waals surface area contributed by atoms with Crippen LogP contribution in [0.2, 0.25) is 0 Å². The number of aliphatic hydroxyl groups excluding tert-OH is 36. The van der Waals surface area contributed by atoms with Gasteiger partial charge in [0.2, 0.25) is 5.91 Å². The molecule has 0 aliphatic carbocycles. The molecular weight excluding hydrogens is 1990 g/mol. The summed E-state index contributed by atoms with van der Waals surface area (Å²) in [6.45, 7) is -14.8. The van der Waals surface area contributed by atoms with Crippen molar-refractivity contribution in [2.24, 2.45) is 0 Å². The number of carboxylic acid groups (broad SMARTS) is 2. The van der Waals surface area contributed by atoms with Crippen LogP contribution in [-0.4, -0.2) is 664 Å². The summed E-state index contributed by atoms with van der Waals surface area (Å²) in [5.74, 6) is -13.3. The largest absolute Gasteiger partial charge is 0.477 e. The Labute approximate surface area is 809 Å². The summed E-state index contributed by atoms with van der Waals surface area (Å²) < 4.78 is 136. The van der Waals surface area contributed by atoms with E-state index in [9.17, 15) is 214 Å². The summed E-state index contributed by atoms with van der Waals surface area (Å²) in [6, 6.07) is -2.22. The second-order valence-corrected chi connectivity index (χ2v) is 36.3. The Bertz CT molecular complexity index is 3960. The molecule has 12 aliphatic rings. The number of rotatable bonds is 39. The monoisotopic (exact) mass is 2120 g/mol. The van der Waals surface area contributed by atoms with Crippen molar-refractivity contribution >= 4 is 17.8 Å². The van der Waals surface area contributed by atoms with Gasteiger partial charge in [0.15, 0.2) is 62.9 Å². The second kappa shape index (κ2) is 50.5. The number of carboxylic acids is 2. The van der Waals surface area contributed by atoms with Crippen molar-refractivity contribution in [1.29, 1.82) is 0 Å². The average molecular weight is 2120 g/mol.